The largest absolute Gasteiger partial charge is 0.372 e. The molecule has 1 heterocycles. The summed E-state index contributed by atoms with van der Waals surface area (Å²) in [5.74, 6) is 0.0281. The first-order valence-electron chi connectivity index (χ1n) is 10.2. The van der Waals surface area contributed by atoms with Crippen LogP contribution >= 0.6 is 34.5 Å². The van der Waals surface area contributed by atoms with Crippen molar-refractivity contribution in [2.75, 3.05) is 11.9 Å². The fraction of sp³-hybridized carbons (Fsp3) is 0.391. The third-order valence-electron chi connectivity index (χ3n) is 6.21. The van der Waals surface area contributed by atoms with Crippen LogP contribution in [0.2, 0.25) is 5.02 Å². The maximum absolute atomic E-state index is 12.8. The average molecular weight is 535 g/mol. The molecule has 1 N–H and O–H groups in total. The molecule has 0 spiro atoms. The molecule has 5 nitrogen and oxygen atoms in total. The van der Waals surface area contributed by atoms with Crippen molar-refractivity contribution in [2.24, 2.45) is 0 Å². The summed E-state index contributed by atoms with van der Waals surface area (Å²) in [5.41, 5.74) is 4.84. The lowest BCUT2D eigenvalue weighted by Gasteiger charge is -2.36. The summed E-state index contributed by atoms with van der Waals surface area (Å²) < 4.78 is 2.23. The number of benzene rings is 2. The number of nitriles is 1. The number of nitrogens with one attached hydrogen (secondary N) is 1. The van der Waals surface area contributed by atoms with Crippen LogP contribution < -0.4 is 10.2 Å². The Morgan fingerprint density at radius 2 is 1.90 bits per heavy atom. The van der Waals surface area contributed by atoms with Gasteiger partial charge in [-0.2, -0.15) is 5.26 Å². The number of fused-ring (bicyclic) bond motifs is 1. The molecule has 1 fully saturated rings. The van der Waals surface area contributed by atoms with Crippen LogP contribution in [0.5, 0.6) is 0 Å². The molecule has 2 aromatic rings. The van der Waals surface area contributed by atoms with E-state index < -0.39 is 0 Å². The zero-order valence-electron chi connectivity index (χ0n) is 16.9. The van der Waals surface area contributed by atoms with E-state index in [9.17, 15) is 4.79 Å². The number of rotatable bonds is 4. The molecular formula is C23H24ClIN4O. The first-order chi connectivity index (χ1) is 14.4. The van der Waals surface area contributed by atoms with E-state index in [0.29, 0.717) is 16.6 Å². The molecule has 30 heavy (non-hydrogen) atoms. The summed E-state index contributed by atoms with van der Waals surface area (Å²) in [7, 11) is 2.07. The maximum atomic E-state index is 12.8. The second-order valence-electron chi connectivity index (χ2n) is 8.13. The lowest BCUT2D eigenvalue weighted by molar-refractivity contribution is 0.0925. The number of amides is 1. The highest BCUT2D eigenvalue weighted by atomic mass is 127. The molecular weight excluding hydrogens is 511 g/mol. The van der Waals surface area contributed by atoms with Gasteiger partial charge in [-0.05, 0) is 67.1 Å². The second-order valence-corrected chi connectivity index (χ2v) is 9.90. The molecule has 2 aliphatic rings. The number of halogens is 2. The Balaban J connectivity index is 1.32. The van der Waals surface area contributed by atoms with Gasteiger partial charge in [0.2, 0.25) is 0 Å². The Hall–Kier alpha value is -1.82. The van der Waals surface area contributed by atoms with Crippen molar-refractivity contribution in [3.63, 3.8) is 0 Å². The van der Waals surface area contributed by atoms with Crippen molar-refractivity contribution in [1.82, 2.24) is 8.43 Å². The predicted molar refractivity (Wildman–Crippen MR) is 128 cm³/mol. The molecule has 0 atom stereocenters. The Morgan fingerprint density at radius 3 is 2.60 bits per heavy atom. The van der Waals surface area contributed by atoms with Gasteiger partial charge in [-0.3, -0.25) is 4.79 Å². The van der Waals surface area contributed by atoms with E-state index in [0.717, 1.165) is 50.0 Å². The van der Waals surface area contributed by atoms with Crippen molar-refractivity contribution in [3.05, 3.63) is 63.7 Å². The molecule has 1 aliphatic carbocycles. The number of anilines is 1. The van der Waals surface area contributed by atoms with Crippen LogP contribution in [-0.2, 0) is 13.1 Å². The zero-order valence-corrected chi connectivity index (χ0v) is 19.8. The molecule has 0 bridgehead atoms. The molecule has 2 aromatic carbocycles. The Labute approximate surface area is 196 Å². The van der Waals surface area contributed by atoms with E-state index in [4.69, 9.17) is 16.9 Å². The summed E-state index contributed by atoms with van der Waals surface area (Å²) in [5, 5.41) is 12.8. The van der Waals surface area contributed by atoms with Crippen molar-refractivity contribution in [1.29, 1.82) is 5.26 Å². The molecule has 7 heteroatoms. The molecule has 0 radical (unpaired) electrons. The van der Waals surface area contributed by atoms with Crippen molar-refractivity contribution in [2.45, 2.75) is 50.9 Å². The minimum absolute atomic E-state index is 0.0281. The van der Waals surface area contributed by atoms with E-state index in [-0.39, 0.29) is 11.9 Å². The highest BCUT2D eigenvalue weighted by molar-refractivity contribution is 14.1. The fourth-order valence-electron chi connectivity index (χ4n) is 4.40. The van der Waals surface area contributed by atoms with Gasteiger partial charge in [0.25, 0.3) is 5.91 Å². The molecule has 1 aliphatic heterocycles. The molecule has 0 saturated heterocycles. The lowest BCUT2D eigenvalue weighted by Crippen LogP contribution is -2.43. The van der Waals surface area contributed by atoms with Crippen LogP contribution in [0.4, 0.5) is 5.69 Å². The average Bonchev–Trinajstić information content (AvgIpc) is 3.12. The first-order valence-corrected chi connectivity index (χ1v) is 11.5. The van der Waals surface area contributed by atoms with Gasteiger partial charge in [-0.25, -0.2) is 3.11 Å². The van der Waals surface area contributed by atoms with Crippen LogP contribution in [0.25, 0.3) is 0 Å². The maximum Gasteiger partial charge on any atom is 0.251 e. The van der Waals surface area contributed by atoms with Crippen molar-refractivity contribution < 1.29 is 4.79 Å². The van der Waals surface area contributed by atoms with Crippen LogP contribution in [0.3, 0.4) is 0 Å². The molecule has 0 aromatic heterocycles. The second kappa shape index (κ2) is 9.13. The topological polar surface area (TPSA) is 59.4 Å². The summed E-state index contributed by atoms with van der Waals surface area (Å²) in [4.78, 5) is 15.0. The van der Waals surface area contributed by atoms with Crippen LogP contribution in [-0.4, -0.2) is 28.2 Å². The standard InChI is InChI=1S/C23H24ClIN4O/c1-28(21-7-4-16(12-26)22(24)11-21)20-8-5-19(6-9-20)27-23(30)15-2-3-17-13-29(25)14-18(17)10-15/h2-4,7,10-11,19-20H,5-6,8-9,13-14H2,1H3,(H,27,30)/t19-,20-. The van der Waals surface area contributed by atoms with Crippen LogP contribution in [0.1, 0.15) is 52.7 Å². The lowest BCUT2D eigenvalue weighted by atomic mass is 9.89. The van der Waals surface area contributed by atoms with Gasteiger partial charge in [-0.15, -0.1) is 0 Å². The molecule has 156 valence electrons. The Morgan fingerprint density at radius 1 is 1.17 bits per heavy atom. The molecule has 1 saturated carbocycles. The first kappa shape index (κ1) is 21.4. The van der Waals surface area contributed by atoms with E-state index in [1.54, 1.807) is 6.07 Å². The van der Waals surface area contributed by atoms with Crippen LogP contribution in [0, 0.1) is 11.3 Å². The van der Waals surface area contributed by atoms with Crippen molar-refractivity contribution >= 4 is 46.1 Å². The summed E-state index contributed by atoms with van der Waals surface area (Å²) in [6, 6.07) is 14.4. The van der Waals surface area contributed by atoms with Gasteiger partial charge in [0.1, 0.15) is 6.07 Å². The molecule has 1 amide bonds. The van der Waals surface area contributed by atoms with Gasteiger partial charge in [0.05, 0.1) is 10.6 Å². The van der Waals surface area contributed by atoms with Gasteiger partial charge in [-0.1, -0.05) is 17.7 Å². The minimum atomic E-state index is 0.0281. The summed E-state index contributed by atoms with van der Waals surface area (Å²) >= 11 is 8.52. The highest BCUT2D eigenvalue weighted by Crippen LogP contribution is 2.30. The number of nitrogens with zero attached hydrogens (tertiary/aromatic N) is 3. The Bertz CT molecular complexity index is 997. The van der Waals surface area contributed by atoms with Gasteiger partial charge >= 0.3 is 0 Å². The van der Waals surface area contributed by atoms with E-state index in [1.165, 1.54) is 11.1 Å². The van der Waals surface area contributed by atoms with Gasteiger partial charge in [0.15, 0.2) is 0 Å². The number of hydrogen-bond acceptors (Lipinski definition) is 4. The van der Waals surface area contributed by atoms with E-state index >= 15 is 0 Å². The normalized spacial score (nSPS) is 21.0. The van der Waals surface area contributed by atoms with E-state index in [1.807, 2.05) is 24.3 Å². The summed E-state index contributed by atoms with van der Waals surface area (Å²) in [6.07, 6.45) is 3.93. The minimum Gasteiger partial charge on any atom is -0.372 e. The number of hydrogen-bond donors (Lipinski definition) is 1. The quantitative estimate of drug-likeness (QED) is 0.440. The van der Waals surface area contributed by atoms with E-state index in [2.05, 4.69) is 55.4 Å². The van der Waals surface area contributed by atoms with Gasteiger partial charge in [0, 0.05) is 66.3 Å². The number of carbonyl (C=O) groups excluding carboxylic acids is 1. The third-order valence-corrected chi connectivity index (χ3v) is 7.21. The smallest absolute Gasteiger partial charge is 0.251 e. The number of carbonyl (C=O) groups is 1. The third kappa shape index (κ3) is 4.58. The SMILES string of the molecule is CN(c1ccc(C#N)c(Cl)c1)[C@H]1CC[C@H](NC(=O)c2ccc3c(c2)CN(I)C3)CC1. The molecule has 4 rings (SSSR count). The van der Waals surface area contributed by atoms with Crippen LogP contribution in [0.15, 0.2) is 36.4 Å². The zero-order chi connectivity index (χ0) is 21.3. The van der Waals surface area contributed by atoms with Crippen molar-refractivity contribution in [3.8, 4) is 6.07 Å². The fourth-order valence-corrected chi connectivity index (χ4v) is 5.35. The Kier molecular flexibility index (Phi) is 6.51. The molecule has 0 unspecified atom stereocenters. The van der Waals surface area contributed by atoms with Gasteiger partial charge < -0.3 is 10.2 Å². The summed E-state index contributed by atoms with van der Waals surface area (Å²) in [6.45, 7) is 1.84. The highest BCUT2D eigenvalue weighted by Gasteiger charge is 2.26. The predicted octanol–water partition coefficient (Wildman–Crippen LogP) is 5.05. The monoisotopic (exact) mass is 534 g/mol.